The molecule has 0 unspecified atom stereocenters. The number of thioether (sulfide) groups is 1. The van der Waals surface area contributed by atoms with E-state index in [4.69, 9.17) is 4.74 Å². The van der Waals surface area contributed by atoms with Gasteiger partial charge < -0.3 is 9.84 Å². The summed E-state index contributed by atoms with van der Waals surface area (Å²) >= 11 is 1.72. The van der Waals surface area contributed by atoms with Crippen LogP contribution < -0.4 is 4.74 Å². The number of aromatic hydroxyl groups is 1. The Morgan fingerprint density at radius 1 is 1.12 bits per heavy atom. The van der Waals surface area contributed by atoms with Crippen molar-refractivity contribution in [2.45, 2.75) is 11.8 Å². The monoisotopic (exact) mass is 246 g/mol. The summed E-state index contributed by atoms with van der Waals surface area (Å²) in [6, 6.07) is 14.9. The van der Waals surface area contributed by atoms with Gasteiger partial charge in [0.2, 0.25) is 0 Å². The molecule has 2 rings (SSSR count). The average Bonchev–Trinajstić information content (AvgIpc) is 2.35. The molecule has 0 heterocycles. The van der Waals surface area contributed by atoms with E-state index in [1.807, 2.05) is 42.5 Å². The van der Waals surface area contributed by atoms with Crippen LogP contribution in [0, 0.1) is 0 Å². The van der Waals surface area contributed by atoms with E-state index in [9.17, 15) is 5.11 Å². The molecule has 0 spiro atoms. The molecule has 0 aliphatic heterocycles. The molecule has 0 saturated heterocycles. The fourth-order valence-corrected chi connectivity index (χ4v) is 2.14. The molecule has 0 aliphatic carbocycles. The third-order valence-electron chi connectivity index (χ3n) is 2.21. The Balaban J connectivity index is 2.22. The number of hydrogen-bond donors (Lipinski definition) is 1. The van der Waals surface area contributed by atoms with Crippen LogP contribution in [-0.2, 0) is 0 Å². The first-order valence-electron chi connectivity index (χ1n) is 5.48. The number of para-hydroxylation sites is 1. The molecule has 0 fully saturated rings. The summed E-state index contributed by atoms with van der Waals surface area (Å²) in [5, 5.41) is 9.73. The highest BCUT2D eigenvalue weighted by atomic mass is 32.2. The van der Waals surface area contributed by atoms with E-state index in [-0.39, 0.29) is 5.75 Å². The van der Waals surface area contributed by atoms with E-state index in [2.05, 4.69) is 6.92 Å². The maximum atomic E-state index is 9.73. The van der Waals surface area contributed by atoms with Crippen LogP contribution in [0.5, 0.6) is 17.2 Å². The second-order valence-corrected chi connectivity index (χ2v) is 4.82. The minimum Gasteiger partial charge on any atom is -0.504 e. The average molecular weight is 246 g/mol. The Hall–Kier alpha value is -1.61. The smallest absolute Gasteiger partial charge is 0.170 e. The largest absolute Gasteiger partial charge is 0.504 e. The van der Waals surface area contributed by atoms with Crippen molar-refractivity contribution in [1.82, 2.24) is 0 Å². The van der Waals surface area contributed by atoms with Crippen LogP contribution in [0.25, 0.3) is 0 Å². The van der Waals surface area contributed by atoms with Gasteiger partial charge in [-0.05, 0) is 36.1 Å². The van der Waals surface area contributed by atoms with Crippen molar-refractivity contribution < 1.29 is 9.84 Å². The maximum absolute atomic E-state index is 9.73. The minimum atomic E-state index is 0.161. The van der Waals surface area contributed by atoms with Gasteiger partial charge in [-0.3, -0.25) is 0 Å². The van der Waals surface area contributed by atoms with Crippen molar-refractivity contribution in [2.75, 3.05) is 5.75 Å². The Morgan fingerprint density at radius 3 is 2.59 bits per heavy atom. The lowest BCUT2D eigenvalue weighted by Crippen LogP contribution is -1.85. The molecule has 17 heavy (non-hydrogen) atoms. The molecule has 0 atom stereocenters. The highest BCUT2D eigenvalue weighted by molar-refractivity contribution is 7.99. The number of benzene rings is 2. The Bertz CT molecular complexity index is 483. The quantitative estimate of drug-likeness (QED) is 0.816. The van der Waals surface area contributed by atoms with Gasteiger partial charge >= 0.3 is 0 Å². The van der Waals surface area contributed by atoms with Crippen molar-refractivity contribution >= 4 is 11.8 Å². The normalized spacial score (nSPS) is 10.2. The number of phenolic OH excluding ortho intramolecular Hbond substituents is 1. The van der Waals surface area contributed by atoms with Gasteiger partial charge in [0.1, 0.15) is 5.75 Å². The van der Waals surface area contributed by atoms with Gasteiger partial charge in [-0.1, -0.05) is 25.1 Å². The first-order valence-corrected chi connectivity index (χ1v) is 6.47. The summed E-state index contributed by atoms with van der Waals surface area (Å²) in [6.45, 7) is 2.09. The molecule has 2 aromatic carbocycles. The van der Waals surface area contributed by atoms with Gasteiger partial charge in [-0.2, -0.15) is 0 Å². The summed E-state index contributed by atoms with van der Waals surface area (Å²) in [7, 11) is 0. The van der Waals surface area contributed by atoms with Gasteiger partial charge in [0, 0.05) is 4.90 Å². The van der Waals surface area contributed by atoms with Gasteiger partial charge in [-0.15, -0.1) is 11.8 Å². The second-order valence-electron chi connectivity index (χ2n) is 3.48. The lowest BCUT2D eigenvalue weighted by Gasteiger charge is -2.09. The molecule has 88 valence electrons. The Labute approximate surface area is 105 Å². The summed E-state index contributed by atoms with van der Waals surface area (Å²) in [6.07, 6.45) is 0. The SMILES string of the molecule is CCSc1ccc(O)c(Oc2ccccc2)c1. The van der Waals surface area contributed by atoms with Crippen molar-refractivity contribution in [3.05, 3.63) is 48.5 Å². The van der Waals surface area contributed by atoms with Crippen molar-refractivity contribution in [3.63, 3.8) is 0 Å². The van der Waals surface area contributed by atoms with Crippen molar-refractivity contribution in [2.24, 2.45) is 0 Å². The van der Waals surface area contributed by atoms with Gasteiger partial charge in [0.15, 0.2) is 11.5 Å². The third-order valence-corrected chi connectivity index (χ3v) is 3.09. The molecule has 1 N–H and O–H groups in total. The molecule has 0 saturated carbocycles. The van der Waals surface area contributed by atoms with E-state index in [1.54, 1.807) is 17.8 Å². The first kappa shape index (κ1) is 11.9. The van der Waals surface area contributed by atoms with E-state index in [0.717, 1.165) is 16.4 Å². The number of ether oxygens (including phenoxy) is 1. The van der Waals surface area contributed by atoms with Crippen molar-refractivity contribution in [3.8, 4) is 17.2 Å². The Morgan fingerprint density at radius 2 is 1.88 bits per heavy atom. The summed E-state index contributed by atoms with van der Waals surface area (Å²) in [4.78, 5) is 1.09. The fraction of sp³-hybridized carbons (Fsp3) is 0.143. The molecule has 0 bridgehead atoms. The van der Waals surface area contributed by atoms with Crippen LogP contribution in [0.15, 0.2) is 53.4 Å². The van der Waals surface area contributed by atoms with Gasteiger partial charge in [0.25, 0.3) is 0 Å². The van der Waals surface area contributed by atoms with Crippen LogP contribution >= 0.6 is 11.8 Å². The summed E-state index contributed by atoms with van der Waals surface area (Å²) < 4.78 is 5.63. The number of rotatable bonds is 4. The van der Waals surface area contributed by atoms with Gasteiger partial charge in [-0.25, -0.2) is 0 Å². The molecule has 3 heteroatoms. The topological polar surface area (TPSA) is 29.5 Å². The minimum absolute atomic E-state index is 0.161. The van der Waals surface area contributed by atoms with E-state index >= 15 is 0 Å². The van der Waals surface area contributed by atoms with Crippen molar-refractivity contribution in [1.29, 1.82) is 0 Å². The standard InChI is InChI=1S/C14H14O2S/c1-2-17-12-8-9-13(15)14(10-12)16-11-6-4-3-5-7-11/h3-10,15H,2H2,1H3. The third kappa shape index (κ3) is 3.17. The predicted octanol–water partition coefficient (Wildman–Crippen LogP) is 4.30. The lowest BCUT2D eigenvalue weighted by molar-refractivity contribution is 0.410. The van der Waals surface area contributed by atoms with Crippen LogP contribution in [-0.4, -0.2) is 10.9 Å². The van der Waals surface area contributed by atoms with Gasteiger partial charge in [0.05, 0.1) is 0 Å². The van der Waals surface area contributed by atoms with Crippen LogP contribution in [0.4, 0.5) is 0 Å². The number of hydrogen-bond acceptors (Lipinski definition) is 3. The highest BCUT2D eigenvalue weighted by Crippen LogP contribution is 2.34. The molecular formula is C14H14O2S. The molecule has 2 aromatic rings. The van der Waals surface area contributed by atoms with Crippen LogP contribution in [0.2, 0.25) is 0 Å². The van der Waals surface area contributed by atoms with E-state index < -0.39 is 0 Å². The highest BCUT2D eigenvalue weighted by Gasteiger charge is 2.05. The molecule has 0 aromatic heterocycles. The molecule has 0 amide bonds. The molecule has 2 nitrogen and oxygen atoms in total. The lowest BCUT2D eigenvalue weighted by atomic mass is 10.3. The predicted molar refractivity (Wildman–Crippen MR) is 71.0 cm³/mol. The first-order chi connectivity index (χ1) is 8.29. The maximum Gasteiger partial charge on any atom is 0.170 e. The molecular weight excluding hydrogens is 232 g/mol. The number of phenols is 1. The Kier molecular flexibility index (Phi) is 3.94. The van der Waals surface area contributed by atoms with Crippen LogP contribution in [0.3, 0.4) is 0 Å². The fourth-order valence-electron chi connectivity index (χ4n) is 1.45. The molecule has 0 aliphatic rings. The zero-order valence-electron chi connectivity index (χ0n) is 9.59. The summed E-state index contributed by atoms with van der Waals surface area (Å²) in [5.74, 6) is 2.38. The van der Waals surface area contributed by atoms with Crippen LogP contribution in [0.1, 0.15) is 6.92 Å². The second kappa shape index (κ2) is 5.64. The zero-order chi connectivity index (χ0) is 12.1. The van der Waals surface area contributed by atoms with E-state index in [0.29, 0.717) is 5.75 Å². The summed E-state index contributed by atoms with van der Waals surface area (Å²) in [5.41, 5.74) is 0. The van der Waals surface area contributed by atoms with E-state index in [1.165, 1.54) is 0 Å². The molecule has 0 radical (unpaired) electrons. The zero-order valence-corrected chi connectivity index (χ0v) is 10.4.